The van der Waals surface area contributed by atoms with E-state index in [2.05, 4.69) is 34.7 Å². The summed E-state index contributed by atoms with van der Waals surface area (Å²) in [7, 11) is 0. The highest BCUT2D eigenvalue weighted by molar-refractivity contribution is 7.09. The van der Waals surface area contributed by atoms with E-state index in [1.165, 1.54) is 5.56 Å². The molecule has 102 valence electrons. The normalized spacial score (nSPS) is 12.5. The van der Waals surface area contributed by atoms with Crippen molar-refractivity contribution < 1.29 is 4.74 Å². The van der Waals surface area contributed by atoms with E-state index in [0.29, 0.717) is 0 Å². The van der Waals surface area contributed by atoms with Gasteiger partial charge in [0.15, 0.2) is 0 Å². The lowest BCUT2D eigenvalue weighted by molar-refractivity contribution is 0.0759. The molecule has 0 aliphatic carbocycles. The van der Waals surface area contributed by atoms with Crippen LogP contribution in [0.15, 0.2) is 35.7 Å². The molecular weight excluding hydrogens is 256 g/mol. The first-order valence-corrected chi connectivity index (χ1v) is 7.49. The number of hydrogen-bond acceptors (Lipinski definition) is 4. The summed E-state index contributed by atoms with van der Waals surface area (Å²) in [6.07, 6.45) is 0.249. The number of thiazole rings is 1. The second-order valence-electron chi connectivity index (χ2n) is 4.39. The molecule has 1 aromatic carbocycles. The minimum atomic E-state index is 0.249. The third-order valence-corrected chi connectivity index (χ3v) is 3.63. The molecule has 1 atom stereocenters. The molecule has 0 spiro atoms. The number of hydrogen-bond donors (Lipinski definition) is 1. The Hall–Kier alpha value is -1.23. The van der Waals surface area contributed by atoms with E-state index in [4.69, 9.17) is 4.74 Å². The zero-order chi connectivity index (χ0) is 13.5. The van der Waals surface area contributed by atoms with Gasteiger partial charge in [0.1, 0.15) is 5.01 Å². The molecule has 3 nitrogen and oxygen atoms in total. The van der Waals surface area contributed by atoms with Crippen LogP contribution >= 0.6 is 11.3 Å². The maximum Gasteiger partial charge on any atom is 0.107 e. The molecule has 0 amide bonds. The molecule has 1 heterocycles. The highest BCUT2D eigenvalue weighted by Crippen LogP contribution is 2.21. The first kappa shape index (κ1) is 14.2. The lowest BCUT2D eigenvalue weighted by atomic mass is 10.2. The summed E-state index contributed by atoms with van der Waals surface area (Å²) in [5.74, 6) is 0. The van der Waals surface area contributed by atoms with Crippen molar-refractivity contribution in [3.05, 3.63) is 40.7 Å². The number of nitrogens with one attached hydrogen (secondary N) is 1. The van der Waals surface area contributed by atoms with Crippen molar-refractivity contribution in [2.24, 2.45) is 0 Å². The van der Waals surface area contributed by atoms with Gasteiger partial charge in [-0.15, -0.1) is 11.3 Å². The monoisotopic (exact) mass is 276 g/mol. The molecular formula is C15H20N2OS. The van der Waals surface area contributed by atoms with Crippen LogP contribution in [-0.2, 0) is 11.3 Å². The third-order valence-electron chi connectivity index (χ3n) is 2.78. The van der Waals surface area contributed by atoms with E-state index >= 15 is 0 Å². The van der Waals surface area contributed by atoms with Crippen molar-refractivity contribution in [3.8, 4) is 11.3 Å². The number of benzene rings is 1. The van der Waals surface area contributed by atoms with Crippen LogP contribution in [0, 0.1) is 0 Å². The fourth-order valence-corrected chi connectivity index (χ4v) is 2.63. The van der Waals surface area contributed by atoms with Gasteiger partial charge in [-0.25, -0.2) is 4.98 Å². The Kier molecular flexibility index (Phi) is 5.51. The number of nitrogens with zero attached hydrogens (tertiary/aromatic N) is 1. The Bertz CT molecular complexity index is 484. The maximum absolute atomic E-state index is 5.47. The van der Waals surface area contributed by atoms with E-state index < -0.39 is 0 Å². The summed E-state index contributed by atoms with van der Waals surface area (Å²) < 4.78 is 5.47. The number of aromatic nitrogens is 1. The van der Waals surface area contributed by atoms with Crippen LogP contribution in [0.1, 0.15) is 18.9 Å². The Balaban J connectivity index is 1.85. The van der Waals surface area contributed by atoms with Gasteiger partial charge in [0.2, 0.25) is 0 Å². The van der Waals surface area contributed by atoms with Gasteiger partial charge in [0.05, 0.1) is 11.8 Å². The zero-order valence-electron chi connectivity index (χ0n) is 11.4. The first-order valence-electron chi connectivity index (χ1n) is 6.61. The standard InChI is InChI=1S/C15H20N2OS/c1-3-18-12(2)9-16-10-15-17-14(11-19-15)13-7-5-4-6-8-13/h4-8,11-12,16H,3,9-10H2,1-2H3. The smallest absolute Gasteiger partial charge is 0.107 e. The Morgan fingerprint density at radius 1 is 1.32 bits per heavy atom. The van der Waals surface area contributed by atoms with E-state index in [0.717, 1.165) is 30.4 Å². The van der Waals surface area contributed by atoms with Crippen molar-refractivity contribution in [2.45, 2.75) is 26.5 Å². The van der Waals surface area contributed by atoms with Crippen molar-refractivity contribution in [2.75, 3.05) is 13.2 Å². The number of ether oxygens (including phenoxy) is 1. The van der Waals surface area contributed by atoms with Crippen LogP contribution in [0.3, 0.4) is 0 Å². The summed E-state index contributed by atoms with van der Waals surface area (Å²) in [5.41, 5.74) is 2.23. The quantitative estimate of drug-likeness (QED) is 0.842. The van der Waals surface area contributed by atoms with Gasteiger partial charge in [0.25, 0.3) is 0 Å². The van der Waals surface area contributed by atoms with Gasteiger partial charge in [0, 0.05) is 30.6 Å². The molecule has 4 heteroatoms. The van der Waals surface area contributed by atoms with E-state index in [1.54, 1.807) is 11.3 Å². The molecule has 0 aliphatic heterocycles. The molecule has 0 fully saturated rings. The second kappa shape index (κ2) is 7.38. The second-order valence-corrected chi connectivity index (χ2v) is 5.33. The van der Waals surface area contributed by atoms with Gasteiger partial charge >= 0.3 is 0 Å². The molecule has 1 aromatic heterocycles. The molecule has 2 aromatic rings. The van der Waals surface area contributed by atoms with Crippen LogP contribution < -0.4 is 5.32 Å². The average molecular weight is 276 g/mol. The van der Waals surface area contributed by atoms with Gasteiger partial charge in [-0.1, -0.05) is 30.3 Å². The van der Waals surface area contributed by atoms with Gasteiger partial charge in [-0.05, 0) is 13.8 Å². The largest absolute Gasteiger partial charge is 0.377 e. The van der Waals surface area contributed by atoms with Crippen LogP contribution in [0.25, 0.3) is 11.3 Å². The molecule has 2 rings (SSSR count). The van der Waals surface area contributed by atoms with E-state index in [9.17, 15) is 0 Å². The third kappa shape index (κ3) is 4.42. The van der Waals surface area contributed by atoms with Crippen molar-refractivity contribution in [3.63, 3.8) is 0 Å². The fourth-order valence-electron chi connectivity index (χ4n) is 1.86. The minimum Gasteiger partial charge on any atom is -0.377 e. The predicted molar refractivity (Wildman–Crippen MR) is 80.3 cm³/mol. The Labute approximate surface area is 118 Å². The van der Waals surface area contributed by atoms with Crippen molar-refractivity contribution in [1.82, 2.24) is 10.3 Å². The Morgan fingerprint density at radius 3 is 2.84 bits per heavy atom. The van der Waals surface area contributed by atoms with Crippen molar-refractivity contribution >= 4 is 11.3 Å². The van der Waals surface area contributed by atoms with Gasteiger partial charge < -0.3 is 10.1 Å². The topological polar surface area (TPSA) is 34.1 Å². The van der Waals surface area contributed by atoms with Crippen LogP contribution in [0.2, 0.25) is 0 Å². The van der Waals surface area contributed by atoms with Gasteiger partial charge in [-0.2, -0.15) is 0 Å². The average Bonchev–Trinajstić information content (AvgIpc) is 2.89. The van der Waals surface area contributed by atoms with E-state index in [-0.39, 0.29) is 6.10 Å². The number of rotatable bonds is 7. The summed E-state index contributed by atoms with van der Waals surface area (Å²) in [5, 5.41) is 6.60. The molecule has 0 saturated heterocycles. The van der Waals surface area contributed by atoms with Crippen molar-refractivity contribution in [1.29, 1.82) is 0 Å². The minimum absolute atomic E-state index is 0.249. The molecule has 0 saturated carbocycles. The Morgan fingerprint density at radius 2 is 2.11 bits per heavy atom. The molecule has 19 heavy (non-hydrogen) atoms. The summed E-state index contributed by atoms with van der Waals surface area (Å²) in [6.45, 7) is 6.51. The van der Waals surface area contributed by atoms with Crippen LogP contribution in [0.5, 0.6) is 0 Å². The predicted octanol–water partition coefficient (Wildman–Crippen LogP) is 3.32. The highest BCUT2D eigenvalue weighted by atomic mass is 32.1. The highest BCUT2D eigenvalue weighted by Gasteiger charge is 2.05. The SMILES string of the molecule is CCOC(C)CNCc1nc(-c2ccccc2)cs1. The lowest BCUT2D eigenvalue weighted by Gasteiger charge is -2.11. The maximum atomic E-state index is 5.47. The lowest BCUT2D eigenvalue weighted by Crippen LogP contribution is -2.26. The molecule has 0 radical (unpaired) electrons. The van der Waals surface area contributed by atoms with E-state index in [1.807, 2.05) is 25.1 Å². The molecule has 1 unspecified atom stereocenters. The zero-order valence-corrected chi connectivity index (χ0v) is 12.2. The molecule has 0 bridgehead atoms. The fraction of sp³-hybridized carbons (Fsp3) is 0.400. The summed E-state index contributed by atoms with van der Waals surface area (Å²) in [6, 6.07) is 10.3. The summed E-state index contributed by atoms with van der Waals surface area (Å²) in [4.78, 5) is 4.64. The van der Waals surface area contributed by atoms with Crippen LogP contribution in [-0.4, -0.2) is 24.2 Å². The summed E-state index contributed by atoms with van der Waals surface area (Å²) >= 11 is 1.69. The molecule has 0 aliphatic rings. The molecule has 1 N–H and O–H groups in total. The van der Waals surface area contributed by atoms with Gasteiger partial charge in [-0.3, -0.25) is 0 Å². The first-order chi connectivity index (χ1) is 9.29. The van der Waals surface area contributed by atoms with Crippen LogP contribution in [0.4, 0.5) is 0 Å².